The van der Waals surface area contributed by atoms with Crippen LogP contribution in [-0.2, 0) is 4.79 Å². The van der Waals surface area contributed by atoms with E-state index in [9.17, 15) is 4.79 Å². The number of rotatable bonds is 5. The fraction of sp³-hybridized carbons (Fsp3) is 0.909. The van der Waals surface area contributed by atoms with Crippen LogP contribution in [0.3, 0.4) is 0 Å². The van der Waals surface area contributed by atoms with E-state index in [1.807, 2.05) is 0 Å². The maximum Gasteiger partial charge on any atom is 0.234 e. The van der Waals surface area contributed by atoms with Crippen LogP contribution >= 0.6 is 0 Å². The fourth-order valence-corrected chi connectivity index (χ4v) is 1.76. The third kappa shape index (κ3) is 4.09. The zero-order chi connectivity index (χ0) is 10.4. The molecule has 0 aliphatic heterocycles. The first-order chi connectivity index (χ1) is 6.72. The molecule has 14 heavy (non-hydrogen) atoms. The number of amides is 1. The van der Waals surface area contributed by atoms with Crippen LogP contribution in [0.4, 0.5) is 0 Å². The highest BCUT2D eigenvalue weighted by atomic mass is 16.1. The van der Waals surface area contributed by atoms with Gasteiger partial charge in [-0.3, -0.25) is 4.79 Å². The maximum atomic E-state index is 11.4. The Morgan fingerprint density at radius 2 is 2.07 bits per heavy atom. The van der Waals surface area contributed by atoms with Gasteiger partial charge in [0.05, 0.1) is 6.54 Å². The van der Waals surface area contributed by atoms with E-state index < -0.39 is 0 Å². The Kier molecular flexibility index (Phi) is 4.94. The smallest absolute Gasteiger partial charge is 0.234 e. The van der Waals surface area contributed by atoms with Crippen LogP contribution in [0.5, 0.6) is 0 Å². The van der Waals surface area contributed by atoms with E-state index in [-0.39, 0.29) is 5.91 Å². The van der Waals surface area contributed by atoms with Crippen molar-refractivity contribution < 1.29 is 4.79 Å². The Labute approximate surface area is 86.6 Å². The van der Waals surface area contributed by atoms with E-state index in [1.165, 1.54) is 12.8 Å². The summed E-state index contributed by atoms with van der Waals surface area (Å²) >= 11 is 0. The van der Waals surface area contributed by atoms with Crippen LogP contribution in [0.15, 0.2) is 0 Å². The summed E-state index contributed by atoms with van der Waals surface area (Å²) in [4.78, 5) is 11.4. The largest absolute Gasteiger partial charge is 0.352 e. The SMILES string of the molecule is CCC(C)NCC(=O)NC1CCCC1. The normalized spacial score (nSPS) is 19.6. The van der Waals surface area contributed by atoms with Crippen molar-refractivity contribution in [2.24, 2.45) is 0 Å². The van der Waals surface area contributed by atoms with Crippen molar-refractivity contribution in [3.63, 3.8) is 0 Å². The third-order valence-electron chi connectivity index (χ3n) is 2.94. The van der Waals surface area contributed by atoms with Gasteiger partial charge in [0.25, 0.3) is 0 Å². The van der Waals surface area contributed by atoms with Gasteiger partial charge >= 0.3 is 0 Å². The van der Waals surface area contributed by atoms with Crippen molar-refractivity contribution in [1.29, 1.82) is 0 Å². The Morgan fingerprint density at radius 1 is 1.43 bits per heavy atom. The molecule has 1 fully saturated rings. The molecule has 0 heterocycles. The molecule has 1 saturated carbocycles. The van der Waals surface area contributed by atoms with Gasteiger partial charge in [0, 0.05) is 12.1 Å². The predicted molar refractivity (Wildman–Crippen MR) is 58.2 cm³/mol. The number of carbonyl (C=O) groups excluding carboxylic acids is 1. The number of nitrogens with one attached hydrogen (secondary N) is 2. The first kappa shape index (κ1) is 11.5. The van der Waals surface area contributed by atoms with Crippen molar-refractivity contribution in [3.8, 4) is 0 Å². The van der Waals surface area contributed by atoms with E-state index in [2.05, 4.69) is 24.5 Å². The summed E-state index contributed by atoms with van der Waals surface area (Å²) in [5, 5.41) is 6.25. The maximum absolute atomic E-state index is 11.4. The molecule has 3 heteroatoms. The molecular weight excluding hydrogens is 176 g/mol. The third-order valence-corrected chi connectivity index (χ3v) is 2.94. The summed E-state index contributed by atoms with van der Waals surface area (Å²) in [5.41, 5.74) is 0. The minimum absolute atomic E-state index is 0.150. The molecule has 0 radical (unpaired) electrons. The van der Waals surface area contributed by atoms with Crippen LogP contribution in [-0.4, -0.2) is 24.5 Å². The lowest BCUT2D eigenvalue weighted by molar-refractivity contribution is -0.121. The van der Waals surface area contributed by atoms with Crippen molar-refractivity contribution >= 4 is 5.91 Å². The highest BCUT2D eigenvalue weighted by molar-refractivity contribution is 5.78. The number of hydrogen-bond acceptors (Lipinski definition) is 2. The zero-order valence-electron chi connectivity index (χ0n) is 9.31. The average molecular weight is 198 g/mol. The van der Waals surface area contributed by atoms with Crippen LogP contribution in [0.25, 0.3) is 0 Å². The molecule has 0 bridgehead atoms. The topological polar surface area (TPSA) is 41.1 Å². The first-order valence-corrected chi connectivity index (χ1v) is 5.75. The van der Waals surface area contributed by atoms with Gasteiger partial charge in [0.2, 0.25) is 5.91 Å². The van der Waals surface area contributed by atoms with Crippen molar-refractivity contribution in [2.45, 2.75) is 58.0 Å². The summed E-state index contributed by atoms with van der Waals surface area (Å²) in [6.45, 7) is 4.68. The highest BCUT2D eigenvalue weighted by Gasteiger charge is 2.16. The Morgan fingerprint density at radius 3 is 2.64 bits per heavy atom. The monoisotopic (exact) mass is 198 g/mol. The molecule has 1 unspecified atom stereocenters. The number of hydrogen-bond donors (Lipinski definition) is 2. The summed E-state index contributed by atoms with van der Waals surface area (Å²) < 4.78 is 0. The van der Waals surface area contributed by atoms with Gasteiger partial charge in [0.1, 0.15) is 0 Å². The lowest BCUT2D eigenvalue weighted by atomic mass is 10.2. The van der Waals surface area contributed by atoms with E-state index >= 15 is 0 Å². The van der Waals surface area contributed by atoms with Gasteiger partial charge in [-0.25, -0.2) is 0 Å². The molecule has 1 aliphatic carbocycles. The molecule has 82 valence electrons. The van der Waals surface area contributed by atoms with E-state index in [0.717, 1.165) is 19.3 Å². The molecule has 0 aromatic rings. The molecular formula is C11H22N2O. The minimum Gasteiger partial charge on any atom is -0.352 e. The summed E-state index contributed by atoms with van der Waals surface area (Å²) in [7, 11) is 0. The summed E-state index contributed by atoms with van der Waals surface area (Å²) in [6.07, 6.45) is 5.92. The van der Waals surface area contributed by atoms with Crippen LogP contribution in [0, 0.1) is 0 Å². The van der Waals surface area contributed by atoms with Gasteiger partial charge in [-0.05, 0) is 26.2 Å². The second kappa shape index (κ2) is 6.02. The molecule has 1 aliphatic rings. The van der Waals surface area contributed by atoms with Gasteiger partial charge in [-0.15, -0.1) is 0 Å². The lowest BCUT2D eigenvalue weighted by Gasteiger charge is -2.14. The lowest BCUT2D eigenvalue weighted by Crippen LogP contribution is -2.41. The van der Waals surface area contributed by atoms with Gasteiger partial charge in [-0.1, -0.05) is 19.8 Å². The van der Waals surface area contributed by atoms with Crippen molar-refractivity contribution in [2.75, 3.05) is 6.54 Å². The highest BCUT2D eigenvalue weighted by Crippen LogP contribution is 2.17. The molecule has 0 aromatic heterocycles. The zero-order valence-corrected chi connectivity index (χ0v) is 9.31. The van der Waals surface area contributed by atoms with Gasteiger partial charge in [-0.2, -0.15) is 0 Å². The standard InChI is InChI=1S/C11H22N2O/c1-3-9(2)12-8-11(14)13-10-6-4-5-7-10/h9-10,12H,3-8H2,1-2H3,(H,13,14). The molecule has 2 N–H and O–H groups in total. The molecule has 0 saturated heterocycles. The molecule has 1 atom stereocenters. The Hall–Kier alpha value is -0.570. The minimum atomic E-state index is 0.150. The molecule has 0 spiro atoms. The second-order valence-corrected chi connectivity index (χ2v) is 4.24. The second-order valence-electron chi connectivity index (χ2n) is 4.24. The fourth-order valence-electron chi connectivity index (χ4n) is 1.76. The Bertz CT molecular complexity index is 176. The molecule has 1 rings (SSSR count). The van der Waals surface area contributed by atoms with Crippen molar-refractivity contribution in [3.05, 3.63) is 0 Å². The Balaban J connectivity index is 2.09. The van der Waals surface area contributed by atoms with Crippen molar-refractivity contribution in [1.82, 2.24) is 10.6 Å². The quantitative estimate of drug-likeness (QED) is 0.701. The predicted octanol–water partition coefficient (Wildman–Crippen LogP) is 1.43. The molecule has 3 nitrogen and oxygen atoms in total. The summed E-state index contributed by atoms with van der Waals surface area (Å²) in [5.74, 6) is 0.150. The van der Waals surface area contributed by atoms with Gasteiger partial charge in [0.15, 0.2) is 0 Å². The van der Waals surface area contributed by atoms with Gasteiger partial charge < -0.3 is 10.6 Å². The van der Waals surface area contributed by atoms with Crippen LogP contribution in [0.1, 0.15) is 46.0 Å². The first-order valence-electron chi connectivity index (χ1n) is 5.75. The van der Waals surface area contributed by atoms with Crippen LogP contribution < -0.4 is 10.6 Å². The molecule has 1 amide bonds. The summed E-state index contributed by atoms with van der Waals surface area (Å²) in [6, 6.07) is 0.880. The molecule has 0 aromatic carbocycles. The van der Waals surface area contributed by atoms with E-state index in [4.69, 9.17) is 0 Å². The van der Waals surface area contributed by atoms with E-state index in [0.29, 0.717) is 18.6 Å². The van der Waals surface area contributed by atoms with E-state index in [1.54, 1.807) is 0 Å². The van der Waals surface area contributed by atoms with Crippen LogP contribution in [0.2, 0.25) is 0 Å². The number of carbonyl (C=O) groups is 1. The average Bonchev–Trinajstić information content (AvgIpc) is 2.66.